The van der Waals surface area contributed by atoms with Gasteiger partial charge in [-0.05, 0) is 31.0 Å². The van der Waals surface area contributed by atoms with Gasteiger partial charge in [0.25, 0.3) is 0 Å². The van der Waals surface area contributed by atoms with E-state index in [0.717, 1.165) is 29.9 Å². The Morgan fingerprint density at radius 3 is 2.84 bits per heavy atom. The number of hydrogen-bond donors (Lipinski definition) is 1. The SMILES string of the molecule is CCc1c(C(N)CC)nnn1-c1cccc(C#N)c1. The average Bonchev–Trinajstić information content (AvgIpc) is 2.90. The average molecular weight is 255 g/mol. The quantitative estimate of drug-likeness (QED) is 0.907. The van der Waals surface area contributed by atoms with Gasteiger partial charge in [-0.1, -0.05) is 25.1 Å². The van der Waals surface area contributed by atoms with Crippen molar-refractivity contribution in [3.05, 3.63) is 41.2 Å². The van der Waals surface area contributed by atoms with Crippen LogP contribution in [0.2, 0.25) is 0 Å². The third-order valence-electron chi connectivity index (χ3n) is 3.14. The number of aromatic nitrogens is 3. The predicted octanol–water partition coefficient (Wildman–Crippen LogP) is 2.11. The molecule has 1 atom stereocenters. The number of rotatable bonds is 4. The van der Waals surface area contributed by atoms with Crippen molar-refractivity contribution < 1.29 is 0 Å². The highest BCUT2D eigenvalue weighted by Crippen LogP contribution is 2.20. The largest absolute Gasteiger partial charge is 0.323 e. The molecule has 0 aliphatic heterocycles. The molecular formula is C14H17N5. The zero-order valence-corrected chi connectivity index (χ0v) is 11.2. The molecule has 98 valence electrons. The maximum atomic E-state index is 8.95. The number of benzene rings is 1. The molecule has 0 saturated carbocycles. The summed E-state index contributed by atoms with van der Waals surface area (Å²) in [5, 5.41) is 17.3. The molecule has 2 N–H and O–H groups in total. The van der Waals surface area contributed by atoms with Crippen LogP contribution < -0.4 is 5.73 Å². The zero-order chi connectivity index (χ0) is 13.8. The highest BCUT2D eigenvalue weighted by Gasteiger charge is 2.17. The van der Waals surface area contributed by atoms with E-state index < -0.39 is 0 Å². The molecule has 1 heterocycles. The highest BCUT2D eigenvalue weighted by atomic mass is 15.4. The highest BCUT2D eigenvalue weighted by molar-refractivity contribution is 5.42. The van der Waals surface area contributed by atoms with Crippen molar-refractivity contribution >= 4 is 0 Å². The van der Waals surface area contributed by atoms with E-state index >= 15 is 0 Å². The molecule has 0 aliphatic carbocycles. The van der Waals surface area contributed by atoms with Crippen LogP contribution in [0.1, 0.15) is 43.3 Å². The van der Waals surface area contributed by atoms with Crippen molar-refractivity contribution in [3.63, 3.8) is 0 Å². The molecule has 2 aromatic rings. The number of nitriles is 1. The third-order valence-corrected chi connectivity index (χ3v) is 3.14. The molecule has 0 fully saturated rings. The number of hydrogen-bond acceptors (Lipinski definition) is 4. The van der Waals surface area contributed by atoms with E-state index in [1.165, 1.54) is 0 Å². The summed E-state index contributed by atoms with van der Waals surface area (Å²) in [7, 11) is 0. The van der Waals surface area contributed by atoms with Crippen LogP contribution in [0.4, 0.5) is 0 Å². The van der Waals surface area contributed by atoms with E-state index in [1.807, 2.05) is 19.1 Å². The summed E-state index contributed by atoms with van der Waals surface area (Å²) in [6.07, 6.45) is 1.62. The van der Waals surface area contributed by atoms with Crippen molar-refractivity contribution in [1.29, 1.82) is 5.26 Å². The van der Waals surface area contributed by atoms with E-state index in [1.54, 1.807) is 16.8 Å². The minimum Gasteiger partial charge on any atom is -0.323 e. The molecular weight excluding hydrogens is 238 g/mol. The van der Waals surface area contributed by atoms with Crippen LogP contribution in [0.3, 0.4) is 0 Å². The predicted molar refractivity (Wildman–Crippen MR) is 72.7 cm³/mol. The minimum atomic E-state index is -0.0946. The van der Waals surface area contributed by atoms with Crippen LogP contribution in [0.5, 0.6) is 0 Å². The third kappa shape index (κ3) is 2.49. The Hall–Kier alpha value is -2.19. The number of nitrogens with two attached hydrogens (primary N) is 1. The van der Waals surface area contributed by atoms with Crippen LogP contribution in [-0.2, 0) is 6.42 Å². The van der Waals surface area contributed by atoms with Gasteiger partial charge in [0, 0.05) is 0 Å². The van der Waals surface area contributed by atoms with Gasteiger partial charge in [0.15, 0.2) is 0 Å². The smallest absolute Gasteiger partial charge is 0.103 e. The molecule has 1 unspecified atom stereocenters. The normalized spacial score (nSPS) is 12.1. The van der Waals surface area contributed by atoms with Crippen molar-refractivity contribution in [1.82, 2.24) is 15.0 Å². The van der Waals surface area contributed by atoms with Gasteiger partial charge in [-0.2, -0.15) is 5.26 Å². The zero-order valence-electron chi connectivity index (χ0n) is 11.2. The molecule has 0 saturated heterocycles. The molecule has 1 aromatic carbocycles. The molecule has 2 rings (SSSR count). The van der Waals surface area contributed by atoms with Gasteiger partial charge < -0.3 is 5.73 Å². The lowest BCUT2D eigenvalue weighted by Crippen LogP contribution is -2.12. The van der Waals surface area contributed by atoms with Gasteiger partial charge in [-0.15, -0.1) is 5.10 Å². The summed E-state index contributed by atoms with van der Waals surface area (Å²) in [5.41, 5.74) is 9.35. The molecule has 0 bridgehead atoms. The molecule has 1 aromatic heterocycles. The van der Waals surface area contributed by atoms with E-state index in [2.05, 4.69) is 23.3 Å². The van der Waals surface area contributed by atoms with Crippen molar-refractivity contribution in [2.24, 2.45) is 5.73 Å². The second-order valence-electron chi connectivity index (χ2n) is 4.36. The molecule has 0 radical (unpaired) electrons. The first-order valence-corrected chi connectivity index (χ1v) is 6.41. The minimum absolute atomic E-state index is 0.0946. The Balaban J connectivity index is 2.51. The molecule has 5 heteroatoms. The van der Waals surface area contributed by atoms with Crippen LogP contribution in [0.15, 0.2) is 24.3 Å². The standard InChI is InChI=1S/C14H17N5/c1-3-12(16)14-13(4-2)19(18-17-14)11-7-5-6-10(8-11)9-15/h5-8,12H,3-4,16H2,1-2H3. The lowest BCUT2D eigenvalue weighted by molar-refractivity contribution is 0.665. The Kier molecular flexibility index (Phi) is 3.93. The van der Waals surface area contributed by atoms with E-state index in [0.29, 0.717) is 5.56 Å². The second kappa shape index (κ2) is 5.63. The molecule has 5 nitrogen and oxygen atoms in total. The van der Waals surface area contributed by atoms with Crippen molar-refractivity contribution in [2.75, 3.05) is 0 Å². The molecule has 0 spiro atoms. The van der Waals surface area contributed by atoms with Gasteiger partial charge in [0.05, 0.1) is 29.1 Å². The summed E-state index contributed by atoms with van der Waals surface area (Å²) in [6, 6.07) is 9.36. The molecule has 0 aliphatic rings. The van der Waals surface area contributed by atoms with Gasteiger partial charge >= 0.3 is 0 Å². The molecule has 0 amide bonds. The fourth-order valence-corrected chi connectivity index (χ4v) is 2.04. The monoisotopic (exact) mass is 255 g/mol. The van der Waals surface area contributed by atoms with Crippen LogP contribution >= 0.6 is 0 Å². The summed E-state index contributed by atoms with van der Waals surface area (Å²) < 4.78 is 1.77. The van der Waals surface area contributed by atoms with Crippen LogP contribution in [-0.4, -0.2) is 15.0 Å². The lowest BCUT2D eigenvalue weighted by Gasteiger charge is -2.09. The number of nitrogens with zero attached hydrogens (tertiary/aromatic N) is 4. The lowest BCUT2D eigenvalue weighted by atomic mass is 10.1. The van der Waals surface area contributed by atoms with Crippen LogP contribution in [0, 0.1) is 11.3 Å². The second-order valence-corrected chi connectivity index (χ2v) is 4.36. The van der Waals surface area contributed by atoms with Crippen molar-refractivity contribution in [2.45, 2.75) is 32.7 Å². The Labute approximate surface area is 112 Å². The maximum absolute atomic E-state index is 8.95. The summed E-state index contributed by atoms with van der Waals surface area (Å²) in [6.45, 7) is 4.08. The molecule has 19 heavy (non-hydrogen) atoms. The first kappa shape index (κ1) is 13.2. The summed E-state index contributed by atoms with van der Waals surface area (Å²) >= 11 is 0. The van der Waals surface area contributed by atoms with Gasteiger partial charge in [0.2, 0.25) is 0 Å². The van der Waals surface area contributed by atoms with Gasteiger partial charge in [-0.25, -0.2) is 4.68 Å². The first-order chi connectivity index (χ1) is 9.21. The fourth-order valence-electron chi connectivity index (χ4n) is 2.04. The van der Waals surface area contributed by atoms with Crippen molar-refractivity contribution in [3.8, 4) is 11.8 Å². The van der Waals surface area contributed by atoms with Gasteiger partial charge in [-0.3, -0.25) is 0 Å². The van der Waals surface area contributed by atoms with Crippen LogP contribution in [0.25, 0.3) is 5.69 Å². The van der Waals surface area contributed by atoms with Gasteiger partial charge in [0.1, 0.15) is 5.69 Å². The fraction of sp³-hybridized carbons (Fsp3) is 0.357. The summed E-state index contributed by atoms with van der Waals surface area (Å²) in [4.78, 5) is 0. The van der Waals surface area contributed by atoms with E-state index in [9.17, 15) is 0 Å². The van der Waals surface area contributed by atoms with E-state index in [4.69, 9.17) is 11.0 Å². The topological polar surface area (TPSA) is 80.5 Å². The maximum Gasteiger partial charge on any atom is 0.103 e. The Bertz CT molecular complexity index is 609. The van der Waals surface area contributed by atoms with E-state index in [-0.39, 0.29) is 6.04 Å². The first-order valence-electron chi connectivity index (χ1n) is 6.41. The Morgan fingerprint density at radius 2 is 2.21 bits per heavy atom. The Morgan fingerprint density at radius 1 is 1.42 bits per heavy atom. The summed E-state index contributed by atoms with van der Waals surface area (Å²) in [5.74, 6) is 0.